The van der Waals surface area contributed by atoms with Crippen LogP contribution in [0.5, 0.6) is 0 Å². The Morgan fingerprint density at radius 1 is 1.65 bits per heavy atom. The van der Waals surface area contributed by atoms with Crippen LogP contribution < -0.4 is 11.1 Å². The average molecular weight is 252 g/mol. The number of rotatable bonds is 3. The first-order valence-electron chi connectivity index (χ1n) is 5.66. The predicted octanol–water partition coefficient (Wildman–Crippen LogP) is 0.605. The first kappa shape index (κ1) is 12.0. The van der Waals surface area contributed by atoms with Crippen molar-refractivity contribution in [3.05, 3.63) is 18.2 Å². The molecular formula is C11H16N4OS. The first-order chi connectivity index (χ1) is 8.08. The van der Waals surface area contributed by atoms with Gasteiger partial charge in [-0.05, 0) is 12.8 Å². The highest BCUT2D eigenvalue weighted by Crippen LogP contribution is 2.26. The number of carbonyl (C=O) groups excluding carboxylic acids is 1. The molecule has 1 aliphatic carbocycles. The predicted molar refractivity (Wildman–Crippen MR) is 68.6 cm³/mol. The van der Waals surface area contributed by atoms with Crippen LogP contribution in [-0.4, -0.2) is 26.5 Å². The summed E-state index contributed by atoms with van der Waals surface area (Å²) in [7, 11) is 1.83. The smallest absolute Gasteiger partial charge is 0.271 e. The largest absolute Gasteiger partial charge is 0.393 e. The lowest BCUT2D eigenvalue weighted by Crippen LogP contribution is -2.41. The summed E-state index contributed by atoms with van der Waals surface area (Å²) in [6.45, 7) is 0. The molecule has 6 heteroatoms. The van der Waals surface area contributed by atoms with Crippen molar-refractivity contribution < 1.29 is 4.79 Å². The number of hydrogen-bond acceptors (Lipinski definition) is 3. The van der Waals surface area contributed by atoms with Crippen molar-refractivity contribution in [2.24, 2.45) is 18.7 Å². The molecule has 1 heterocycles. The van der Waals surface area contributed by atoms with Crippen molar-refractivity contribution in [1.82, 2.24) is 14.9 Å². The fourth-order valence-electron chi connectivity index (χ4n) is 2.25. The van der Waals surface area contributed by atoms with Crippen LogP contribution in [0, 0.1) is 5.92 Å². The van der Waals surface area contributed by atoms with Gasteiger partial charge in [-0.15, -0.1) is 0 Å². The zero-order valence-electron chi connectivity index (χ0n) is 9.72. The standard InChI is InChI=1S/C11H16N4OS/c1-15-5-9(13-6-15)11(16)14-8-4-2-3-7(8)10(12)17/h5-8H,2-4H2,1H3,(H2,12,17)(H,14,16). The molecule has 0 aliphatic heterocycles. The van der Waals surface area contributed by atoms with Gasteiger partial charge in [0.2, 0.25) is 0 Å². The highest BCUT2D eigenvalue weighted by molar-refractivity contribution is 7.80. The zero-order chi connectivity index (χ0) is 12.4. The number of hydrogen-bond donors (Lipinski definition) is 2. The van der Waals surface area contributed by atoms with Gasteiger partial charge in [0.05, 0.1) is 11.3 Å². The lowest BCUT2D eigenvalue weighted by atomic mass is 10.0. The molecular weight excluding hydrogens is 236 g/mol. The van der Waals surface area contributed by atoms with Gasteiger partial charge in [0.1, 0.15) is 5.69 Å². The van der Waals surface area contributed by atoms with Crippen LogP contribution in [0.3, 0.4) is 0 Å². The van der Waals surface area contributed by atoms with E-state index in [9.17, 15) is 4.79 Å². The van der Waals surface area contributed by atoms with Crippen LogP contribution in [-0.2, 0) is 7.05 Å². The number of nitrogens with one attached hydrogen (secondary N) is 1. The fourth-order valence-corrected chi connectivity index (χ4v) is 2.53. The third-order valence-corrected chi connectivity index (χ3v) is 3.44. The molecule has 1 aromatic heterocycles. The Hall–Kier alpha value is -1.43. The molecule has 2 rings (SSSR count). The molecule has 5 nitrogen and oxygen atoms in total. The lowest BCUT2D eigenvalue weighted by molar-refractivity contribution is 0.0929. The molecule has 0 saturated heterocycles. The van der Waals surface area contributed by atoms with E-state index in [4.69, 9.17) is 18.0 Å². The molecule has 92 valence electrons. The monoisotopic (exact) mass is 252 g/mol. The van der Waals surface area contributed by atoms with E-state index in [1.165, 1.54) is 0 Å². The minimum Gasteiger partial charge on any atom is -0.393 e. The van der Waals surface area contributed by atoms with Gasteiger partial charge in [0.25, 0.3) is 5.91 Å². The second kappa shape index (κ2) is 4.83. The summed E-state index contributed by atoms with van der Waals surface area (Å²) >= 11 is 5.01. The van der Waals surface area contributed by atoms with E-state index in [1.807, 2.05) is 7.05 Å². The molecule has 3 N–H and O–H groups in total. The van der Waals surface area contributed by atoms with Gasteiger partial charge in [-0.1, -0.05) is 18.6 Å². The Morgan fingerprint density at radius 3 is 3.00 bits per heavy atom. The number of nitrogens with two attached hydrogens (primary N) is 1. The number of carbonyl (C=O) groups is 1. The summed E-state index contributed by atoms with van der Waals surface area (Å²) in [4.78, 5) is 16.4. The average Bonchev–Trinajstić information content (AvgIpc) is 2.86. The van der Waals surface area contributed by atoms with Crippen LogP contribution in [0.4, 0.5) is 0 Å². The van der Waals surface area contributed by atoms with Gasteiger partial charge in [-0.3, -0.25) is 4.79 Å². The Balaban J connectivity index is 2.01. The Labute approximate surface area is 105 Å². The van der Waals surface area contributed by atoms with E-state index < -0.39 is 0 Å². The van der Waals surface area contributed by atoms with Crippen molar-refractivity contribution in [1.29, 1.82) is 0 Å². The van der Waals surface area contributed by atoms with Gasteiger partial charge in [0.15, 0.2) is 0 Å². The number of amides is 1. The molecule has 1 saturated carbocycles. The van der Waals surface area contributed by atoms with Crippen molar-refractivity contribution >= 4 is 23.1 Å². The fraction of sp³-hybridized carbons (Fsp3) is 0.545. The summed E-state index contributed by atoms with van der Waals surface area (Å²) in [6.07, 6.45) is 6.24. The van der Waals surface area contributed by atoms with Crippen molar-refractivity contribution in [2.45, 2.75) is 25.3 Å². The molecule has 2 unspecified atom stereocenters. The lowest BCUT2D eigenvalue weighted by Gasteiger charge is -2.19. The number of aromatic nitrogens is 2. The van der Waals surface area contributed by atoms with E-state index in [0.717, 1.165) is 19.3 Å². The van der Waals surface area contributed by atoms with E-state index in [-0.39, 0.29) is 17.9 Å². The van der Waals surface area contributed by atoms with Crippen LogP contribution in [0.2, 0.25) is 0 Å². The molecule has 2 atom stereocenters. The maximum Gasteiger partial charge on any atom is 0.271 e. The summed E-state index contributed by atoms with van der Waals surface area (Å²) < 4.78 is 1.74. The number of aryl methyl sites for hydroxylation is 1. The molecule has 17 heavy (non-hydrogen) atoms. The van der Waals surface area contributed by atoms with Crippen molar-refractivity contribution in [3.63, 3.8) is 0 Å². The van der Waals surface area contributed by atoms with E-state index >= 15 is 0 Å². The topological polar surface area (TPSA) is 72.9 Å². The van der Waals surface area contributed by atoms with Gasteiger partial charge in [-0.25, -0.2) is 4.98 Å². The van der Waals surface area contributed by atoms with Gasteiger partial charge in [0, 0.05) is 25.2 Å². The quantitative estimate of drug-likeness (QED) is 0.773. The second-order valence-corrected chi connectivity index (χ2v) is 4.92. The molecule has 1 amide bonds. The van der Waals surface area contributed by atoms with E-state index in [2.05, 4.69) is 10.3 Å². The van der Waals surface area contributed by atoms with Gasteiger partial charge >= 0.3 is 0 Å². The molecule has 0 spiro atoms. The summed E-state index contributed by atoms with van der Waals surface area (Å²) in [5.41, 5.74) is 6.10. The van der Waals surface area contributed by atoms with Crippen molar-refractivity contribution in [2.75, 3.05) is 0 Å². The maximum absolute atomic E-state index is 11.9. The summed E-state index contributed by atoms with van der Waals surface area (Å²) in [6, 6.07) is 0.0574. The summed E-state index contributed by atoms with van der Waals surface area (Å²) in [5.74, 6) is -0.0311. The number of thiocarbonyl (C=S) groups is 1. The summed E-state index contributed by atoms with van der Waals surface area (Å²) in [5, 5.41) is 2.96. The van der Waals surface area contributed by atoms with Crippen molar-refractivity contribution in [3.8, 4) is 0 Å². The Bertz CT molecular complexity index is 442. The Morgan fingerprint density at radius 2 is 2.41 bits per heavy atom. The number of nitrogens with zero attached hydrogens (tertiary/aromatic N) is 2. The number of imidazole rings is 1. The van der Waals surface area contributed by atoms with Crippen LogP contribution in [0.25, 0.3) is 0 Å². The first-order valence-corrected chi connectivity index (χ1v) is 6.07. The normalized spacial score (nSPS) is 23.6. The second-order valence-electron chi connectivity index (χ2n) is 4.44. The van der Waals surface area contributed by atoms with Gasteiger partial charge < -0.3 is 15.6 Å². The molecule has 1 aromatic rings. The maximum atomic E-state index is 11.9. The zero-order valence-corrected chi connectivity index (χ0v) is 10.5. The van der Waals surface area contributed by atoms with Crippen LogP contribution in [0.1, 0.15) is 29.8 Å². The van der Waals surface area contributed by atoms with Gasteiger partial charge in [-0.2, -0.15) is 0 Å². The van der Waals surface area contributed by atoms with Crippen LogP contribution in [0.15, 0.2) is 12.5 Å². The van der Waals surface area contributed by atoms with E-state index in [1.54, 1.807) is 17.1 Å². The highest BCUT2D eigenvalue weighted by Gasteiger charge is 2.30. The third-order valence-electron chi connectivity index (χ3n) is 3.14. The van der Waals surface area contributed by atoms with E-state index in [0.29, 0.717) is 10.7 Å². The SMILES string of the molecule is Cn1cnc(C(=O)NC2CCCC2C(N)=S)c1. The molecule has 1 aliphatic rings. The highest BCUT2D eigenvalue weighted by atomic mass is 32.1. The minimum atomic E-state index is -0.154. The molecule has 0 bridgehead atoms. The van der Waals surface area contributed by atoms with Crippen LogP contribution >= 0.6 is 12.2 Å². The molecule has 0 aromatic carbocycles. The minimum absolute atomic E-state index is 0.0574. The third kappa shape index (κ3) is 2.63. The Kier molecular flexibility index (Phi) is 3.42. The molecule has 0 radical (unpaired) electrons. The molecule has 1 fully saturated rings.